The highest BCUT2D eigenvalue weighted by molar-refractivity contribution is 7.10. The molecule has 0 saturated heterocycles. The molecule has 1 aromatic carbocycles. The predicted molar refractivity (Wildman–Crippen MR) is 86.5 cm³/mol. The molecule has 2 heterocycles. The predicted octanol–water partition coefficient (Wildman–Crippen LogP) is 3.65. The lowest BCUT2D eigenvalue weighted by atomic mass is 10.00. The third-order valence-electron chi connectivity index (χ3n) is 4.01. The molecule has 0 spiro atoms. The third kappa shape index (κ3) is 3.07. The highest BCUT2D eigenvalue weighted by Gasteiger charge is 2.26. The van der Waals surface area contributed by atoms with Crippen LogP contribution in [0.3, 0.4) is 0 Å². The van der Waals surface area contributed by atoms with E-state index in [0.29, 0.717) is 0 Å². The lowest BCUT2D eigenvalue weighted by molar-refractivity contribution is 0.0505. The van der Waals surface area contributed by atoms with Gasteiger partial charge in [0.1, 0.15) is 0 Å². The van der Waals surface area contributed by atoms with Crippen molar-refractivity contribution in [2.45, 2.75) is 32.0 Å². The normalized spacial score (nSPS) is 17.9. The summed E-state index contributed by atoms with van der Waals surface area (Å²) in [7, 11) is 0. The van der Waals surface area contributed by atoms with Gasteiger partial charge in [-0.25, -0.2) is 0 Å². The molecule has 0 amide bonds. The summed E-state index contributed by atoms with van der Waals surface area (Å²) in [4.78, 5) is 3.89. The number of benzene rings is 1. The Hall–Kier alpha value is -0.870. The van der Waals surface area contributed by atoms with Gasteiger partial charge in [0.05, 0.1) is 6.10 Å². The van der Waals surface area contributed by atoms with E-state index in [1.807, 2.05) is 41.7 Å². The molecule has 0 radical (unpaired) electrons. The summed E-state index contributed by atoms with van der Waals surface area (Å²) in [6.45, 7) is 4.12. The van der Waals surface area contributed by atoms with Crippen LogP contribution in [0.4, 0.5) is 0 Å². The second kappa shape index (κ2) is 6.72. The topological polar surface area (TPSA) is 23.5 Å². The molecule has 0 aliphatic carbocycles. The largest absolute Gasteiger partial charge is 0.387 e. The van der Waals surface area contributed by atoms with Crippen LogP contribution in [0.5, 0.6) is 0 Å². The molecule has 2 atom stereocenters. The van der Waals surface area contributed by atoms with Crippen LogP contribution in [0, 0.1) is 0 Å². The van der Waals surface area contributed by atoms with Crippen LogP contribution < -0.4 is 0 Å². The first-order valence-electron chi connectivity index (χ1n) is 6.78. The summed E-state index contributed by atoms with van der Waals surface area (Å²) in [6, 6.07) is 12.3. The van der Waals surface area contributed by atoms with E-state index in [-0.39, 0.29) is 18.4 Å². The number of thiophene rings is 1. The zero-order valence-electron chi connectivity index (χ0n) is 11.5. The lowest BCUT2D eigenvalue weighted by Gasteiger charge is -2.35. The van der Waals surface area contributed by atoms with E-state index in [1.165, 1.54) is 10.4 Å². The van der Waals surface area contributed by atoms with Crippen molar-refractivity contribution in [2.75, 3.05) is 6.54 Å². The van der Waals surface area contributed by atoms with E-state index < -0.39 is 6.10 Å². The highest BCUT2D eigenvalue weighted by Crippen LogP contribution is 2.28. The smallest absolute Gasteiger partial charge is 0.0942 e. The molecule has 0 fully saturated rings. The van der Waals surface area contributed by atoms with Gasteiger partial charge in [-0.15, -0.1) is 23.7 Å². The van der Waals surface area contributed by atoms with Crippen LogP contribution in [-0.4, -0.2) is 22.6 Å². The van der Waals surface area contributed by atoms with E-state index in [4.69, 9.17) is 0 Å². The fourth-order valence-corrected chi connectivity index (χ4v) is 3.64. The quantitative estimate of drug-likeness (QED) is 0.935. The van der Waals surface area contributed by atoms with E-state index in [2.05, 4.69) is 23.3 Å². The van der Waals surface area contributed by atoms with Gasteiger partial charge in [-0.3, -0.25) is 4.90 Å². The van der Waals surface area contributed by atoms with E-state index >= 15 is 0 Å². The maximum atomic E-state index is 10.5. The molecular formula is C16H20ClNOS. The highest BCUT2D eigenvalue weighted by atomic mass is 35.5. The Bertz CT molecular complexity index is 542. The van der Waals surface area contributed by atoms with Crippen LogP contribution in [-0.2, 0) is 13.0 Å². The summed E-state index contributed by atoms with van der Waals surface area (Å²) in [5.74, 6) is 0. The van der Waals surface area contributed by atoms with Gasteiger partial charge in [-0.05, 0) is 35.9 Å². The summed E-state index contributed by atoms with van der Waals surface area (Å²) in [6.07, 6.45) is 0.695. The second-order valence-corrected chi connectivity index (χ2v) is 6.19. The van der Waals surface area contributed by atoms with Crippen molar-refractivity contribution >= 4 is 23.7 Å². The Morgan fingerprint density at radius 3 is 2.70 bits per heavy atom. The molecule has 2 unspecified atom stereocenters. The average Bonchev–Trinajstić information content (AvgIpc) is 2.94. The summed E-state index contributed by atoms with van der Waals surface area (Å²) in [5, 5.41) is 12.7. The molecular weight excluding hydrogens is 290 g/mol. The Morgan fingerprint density at radius 1 is 1.20 bits per heavy atom. The second-order valence-electron chi connectivity index (χ2n) is 5.19. The molecule has 2 aromatic rings. The molecule has 2 nitrogen and oxygen atoms in total. The number of hydrogen-bond donors (Lipinski definition) is 1. The minimum Gasteiger partial charge on any atom is -0.387 e. The van der Waals surface area contributed by atoms with Crippen molar-refractivity contribution in [2.24, 2.45) is 0 Å². The van der Waals surface area contributed by atoms with Gasteiger partial charge < -0.3 is 5.11 Å². The molecule has 20 heavy (non-hydrogen) atoms. The van der Waals surface area contributed by atoms with E-state index in [9.17, 15) is 5.11 Å². The number of halogens is 1. The minimum absolute atomic E-state index is 0. The first-order chi connectivity index (χ1) is 9.25. The van der Waals surface area contributed by atoms with Gasteiger partial charge in [0.2, 0.25) is 0 Å². The van der Waals surface area contributed by atoms with Crippen LogP contribution in [0.25, 0.3) is 0 Å². The Balaban J connectivity index is 0.00000147. The third-order valence-corrected chi connectivity index (χ3v) is 5.03. The van der Waals surface area contributed by atoms with Crippen LogP contribution in [0.15, 0.2) is 41.8 Å². The molecule has 1 aliphatic heterocycles. The minimum atomic E-state index is -0.415. The Labute approximate surface area is 130 Å². The molecule has 0 bridgehead atoms. The van der Waals surface area contributed by atoms with Crippen molar-refractivity contribution in [1.29, 1.82) is 0 Å². The molecule has 0 saturated carbocycles. The first-order valence-corrected chi connectivity index (χ1v) is 7.66. The van der Waals surface area contributed by atoms with Crippen molar-refractivity contribution in [3.63, 3.8) is 0 Å². The maximum absolute atomic E-state index is 10.5. The number of fused-ring (bicyclic) bond motifs is 1. The van der Waals surface area contributed by atoms with Gasteiger partial charge in [-0.1, -0.05) is 30.3 Å². The number of nitrogens with zero attached hydrogens (tertiary/aromatic N) is 1. The van der Waals surface area contributed by atoms with Gasteiger partial charge in [-0.2, -0.15) is 0 Å². The van der Waals surface area contributed by atoms with Gasteiger partial charge >= 0.3 is 0 Å². The maximum Gasteiger partial charge on any atom is 0.0942 e. The fourth-order valence-electron chi connectivity index (χ4n) is 2.75. The summed E-state index contributed by atoms with van der Waals surface area (Å²) < 4.78 is 0. The molecule has 1 aromatic heterocycles. The van der Waals surface area contributed by atoms with Crippen LogP contribution in [0.2, 0.25) is 0 Å². The first kappa shape index (κ1) is 15.5. The van der Waals surface area contributed by atoms with Crippen molar-refractivity contribution in [3.8, 4) is 0 Å². The number of hydrogen-bond acceptors (Lipinski definition) is 3. The van der Waals surface area contributed by atoms with Gasteiger partial charge in [0.25, 0.3) is 0 Å². The summed E-state index contributed by atoms with van der Waals surface area (Å²) in [5.41, 5.74) is 2.44. The SMILES string of the molecule is CC(C(O)c1ccccc1)N1CCc2sccc2C1.Cl. The monoisotopic (exact) mass is 309 g/mol. The average molecular weight is 310 g/mol. The fraction of sp³-hybridized carbons (Fsp3) is 0.375. The van der Waals surface area contributed by atoms with Crippen molar-refractivity contribution < 1.29 is 5.11 Å². The molecule has 1 N–H and O–H groups in total. The van der Waals surface area contributed by atoms with E-state index in [0.717, 1.165) is 25.1 Å². The Kier molecular flexibility index (Phi) is 5.22. The molecule has 1 aliphatic rings. The number of aliphatic hydroxyl groups is 1. The number of rotatable bonds is 3. The number of aliphatic hydroxyl groups excluding tert-OH is 1. The molecule has 108 valence electrons. The van der Waals surface area contributed by atoms with Gasteiger partial charge in [0.15, 0.2) is 0 Å². The van der Waals surface area contributed by atoms with Crippen molar-refractivity contribution in [1.82, 2.24) is 4.90 Å². The zero-order chi connectivity index (χ0) is 13.2. The lowest BCUT2D eigenvalue weighted by Crippen LogP contribution is -2.40. The van der Waals surface area contributed by atoms with Gasteiger partial charge in [0, 0.05) is 24.0 Å². The molecule has 3 rings (SSSR count). The summed E-state index contributed by atoms with van der Waals surface area (Å²) >= 11 is 1.85. The van der Waals surface area contributed by atoms with Crippen LogP contribution >= 0.6 is 23.7 Å². The zero-order valence-corrected chi connectivity index (χ0v) is 13.2. The standard InChI is InChI=1S/C16H19NOS.ClH/c1-12(16(18)13-5-3-2-4-6-13)17-9-7-15-14(11-17)8-10-19-15;/h2-6,8,10,12,16,18H,7,9,11H2,1H3;1H. The Morgan fingerprint density at radius 2 is 1.95 bits per heavy atom. The van der Waals surface area contributed by atoms with Crippen LogP contribution in [0.1, 0.15) is 29.0 Å². The van der Waals surface area contributed by atoms with Crippen molar-refractivity contribution in [3.05, 3.63) is 57.8 Å². The molecule has 4 heteroatoms. The van der Waals surface area contributed by atoms with E-state index in [1.54, 1.807) is 0 Å².